The maximum atomic E-state index is 12.0. The fraction of sp³-hybridized carbons (Fsp3) is 0.933. The summed E-state index contributed by atoms with van der Waals surface area (Å²) < 4.78 is 0. The Morgan fingerprint density at radius 1 is 1.21 bits per heavy atom. The van der Waals surface area contributed by atoms with E-state index in [1.165, 1.54) is 19.3 Å². The van der Waals surface area contributed by atoms with Crippen LogP contribution in [0.4, 0.5) is 0 Å². The molecule has 0 aromatic rings. The fourth-order valence-corrected chi connectivity index (χ4v) is 2.45. The van der Waals surface area contributed by atoms with Gasteiger partial charge in [-0.05, 0) is 58.5 Å². The zero-order chi connectivity index (χ0) is 13.6. The predicted molar refractivity (Wildman–Crippen MR) is 83.8 cm³/mol. The van der Waals surface area contributed by atoms with Gasteiger partial charge < -0.3 is 5.32 Å². The van der Waals surface area contributed by atoms with Crippen molar-refractivity contribution in [3.63, 3.8) is 0 Å². The zero-order valence-corrected chi connectivity index (χ0v) is 13.8. The van der Waals surface area contributed by atoms with Gasteiger partial charge in [0.2, 0.25) is 5.91 Å². The number of amides is 1. The maximum Gasteiger partial charge on any atom is 0.234 e. The van der Waals surface area contributed by atoms with Crippen LogP contribution >= 0.6 is 12.4 Å². The molecule has 0 aliphatic carbocycles. The first-order valence-electron chi connectivity index (χ1n) is 7.42. The Bertz CT molecular complexity index is 261. The molecule has 1 aliphatic rings. The van der Waals surface area contributed by atoms with Crippen molar-refractivity contribution in [3.8, 4) is 0 Å². The molecule has 1 aliphatic heterocycles. The molecule has 0 aromatic carbocycles. The first kappa shape index (κ1) is 18.7. The summed E-state index contributed by atoms with van der Waals surface area (Å²) in [7, 11) is 0. The third kappa shape index (κ3) is 8.48. The van der Waals surface area contributed by atoms with Crippen LogP contribution in [0.5, 0.6) is 0 Å². The number of likely N-dealkylation sites (tertiary alicyclic amines) is 1. The number of nitrogens with one attached hydrogen (secondary N) is 1. The van der Waals surface area contributed by atoms with Gasteiger partial charge in [0.1, 0.15) is 0 Å². The van der Waals surface area contributed by atoms with Crippen LogP contribution in [0.25, 0.3) is 0 Å². The topological polar surface area (TPSA) is 32.3 Å². The lowest BCUT2D eigenvalue weighted by atomic mass is 9.94. The molecule has 1 amide bonds. The predicted octanol–water partition coefficient (Wildman–Crippen LogP) is 3.23. The van der Waals surface area contributed by atoms with E-state index in [1.807, 2.05) is 0 Å². The normalized spacial score (nSPS) is 17.1. The van der Waals surface area contributed by atoms with E-state index in [2.05, 4.69) is 37.9 Å². The van der Waals surface area contributed by atoms with Gasteiger partial charge in [0.25, 0.3) is 0 Å². The minimum Gasteiger partial charge on any atom is -0.350 e. The van der Waals surface area contributed by atoms with E-state index in [4.69, 9.17) is 0 Å². The smallest absolute Gasteiger partial charge is 0.234 e. The summed E-state index contributed by atoms with van der Waals surface area (Å²) in [5, 5.41) is 3.18. The van der Waals surface area contributed by atoms with E-state index in [0.29, 0.717) is 12.5 Å². The Labute approximate surface area is 124 Å². The van der Waals surface area contributed by atoms with Crippen LogP contribution < -0.4 is 5.32 Å². The highest BCUT2D eigenvalue weighted by Crippen LogP contribution is 2.16. The van der Waals surface area contributed by atoms with Crippen molar-refractivity contribution in [2.24, 2.45) is 5.92 Å². The van der Waals surface area contributed by atoms with E-state index in [-0.39, 0.29) is 23.9 Å². The Kier molecular flexibility index (Phi) is 8.67. The van der Waals surface area contributed by atoms with E-state index in [9.17, 15) is 4.79 Å². The second kappa shape index (κ2) is 8.80. The largest absolute Gasteiger partial charge is 0.350 e. The molecule has 0 unspecified atom stereocenters. The molecule has 1 rings (SSSR count). The van der Waals surface area contributed by atoms with Crippen molar-refractivity contribution in [2.75, 3.05) is 19.6 Å². The van der Waals surface area contributed by atoms with Gasteiger partial charge in [0.05, 0.1) is 6.54 Å². The summed E-state index contributed by atoms with van der Waals surface area (Å²) >= 11 is 0. The van der Waals surface area contributed by atoms with Gasteiger partial charge in [0.15, 0.2) is 0 Å². The molecule has 114 valence electrons. The van der Waals surface area contributed by atoms with E-state index in [1.54, 1.807) is 0 Å². The van der Waals surface area contributed by atoms with Crippen molar-refractivity contribution in [2.45, 2.75) is 65.3 Å². The van der Waals surface area contributed by atoms with Crippen LogP contribution in [0.3, 0.4) is 0 Å². The number of carbonyl (C=O) groups is 1. The molecule has 0 aromatic heterocycles. The molecule has 0 saturated carbocycles. The van der Waals surface area contributed by atoms with Crippen molar-refractivity contribution >= 4 is 18.3 Å². The quantitative estimate of drug-likeness (QED) is 0.814. The molecular weight excluding hydrogens is 260 g/mol. The van der Waals surface area contributed by atoms with Crippen LogP contribution in [-0.2, 0) is 4.79 Å². The highest BCUT2D eigenvalue weighted by molar-refractivity contribution is 5.85. The number of piperidine rings is 1. The molecule has 0 bridgehead atoms. The molecule has 0 atom stereocenters. The first-order valence-corrected chi connectivity index (χ1v) is 7.42. The van der Waals surface area contributed by atoms with E-state index < -0.39 is 0 Å². The molecule has 1 N–H and O–H groups in total. The molecule has 1 heterocycles. The average molecular weight is 291 g/mol. The zero-order valence-electron chi connectivity index (χ0n) is 13.0. The number of hydrogen-bond donors (Lipinski definition) is 1. The molecular formula is C15H31ClN2O. The molecule has 4 heteroatoms. The third-order valence-electron chi connectivity index (χ3n) is 3.64. The first-order chi connectivity index (χ1) is 8.39. The van der Waals surface area contributed by atoms with Crippen LogP contribution in [0, 0.1) is 5.92 Å². The molecule has 3 nitrogen and oxygen atoms in total. The Balaban J connectivity index is 0.00000324. The van der Waals surface area contributed by atoms with Gasteiger partial charge in [-0.1, -0.05) is 20.3 Å². The van der Waals surface area contributed by atoms with Gasteiger partial charge in [-0.25, -0.2) is 0 Å². The number of carbonyl (C=O) groups excluding carboxylic acids is 1. The lowest BCUT2D eigenvalue weighted by molar-refractivity contribution is -0.124. The number of nitrogens with zero attached hydrogens (tertiary/aromatic N) is 1. The van der Waals surface area contributed by atoms with Gasteiger partial charge in [0, 0.05) is 5.54 Å². The molecule has 0 radical (unpaired) electrons. The summed E-state index contributed by atoms with van der Waals surface area (Å²) in [6.45, 7) is 11.5. The second-order valence-corrected chi connectivity index (χ2v) is 6.70. The monoisotopic (exact) mass is 290 g/mol. The Hall–Kier alpha value is -0.280. The molecule has 0 spiro atoms. The highest BCUT2D eigenvalue weighted by atomic mass is 35.5. The van der Waals surface area contributed by atoms with Gasteiger partial charge in [-0.3, -0.25) is 9.69 Å². The Morgan fingerprint density at radius 3 is 2.32 bits per heavy atom. The van der Waals surface area contributed by atoms with Crippen LogP contribution in [-0.4, -0.2) is 36.0 Å². The Morgan fingerprint density at radius 2 is 1.79 bits per heavy atom. The highest BCUT2D eigenvalue weighted by Gasteiger charge is 2.22. The summed E-state index contributed by atoms with van der Waals surface area (Å²) in [5.41, 5.74) is -0.0723. The number of rotatable bonds is 6. The number of hydrogen-bond acceptors (Lipinski definition) is 2. The summed E-state index contributed by atoms with van der Waals surface area (Å²) in [4.78, 5) is 14.3. The molecule has 1 fully saturated rings. The summed E-state index contributed by atoms with van der Waals surface area (Å²) in [5.74, 6) is 0.883. The minimum atomic E-state index is -0.0723. The van der Waals surface area contributed by atoms with E-state index >= 15 is 0 Å². The van der Waals surface area contributed by atoms with Crippen molar-refractivity contribution < 1.29 is 4.79 Å². The summed E-state index contributed by atoms with van der Waals surface area (Å²) in [6, 6.07) is 0. The lowest BCUT2D eigenvalue weighted by Crippen LogP contribution is -2.48. The van der Waals surface area contributed by atoms with Gasteiger partial charge in [-0.15, -0.1) is 12.4 Å². The van der Waals surface area contributed by atoms with Crippen molar-refractivity contribution in [1.29, 1.82) is 0 Å². The average Bonchev–Trinajstić information content (AvgIpc) is 2.27. The van der Waals surface area contributed by atoms with Crippen molar-refractivity contribution in [1.82, 2.24) is 10.2 Å². The summed E-state index contributed by atoms with van der Waals surface area (Å²) in [6.07, 6.45) is 6.01. The van der Waals surface area contributed by atoms with Crippen molar-refractivity contribution in [3.05, 3.63) is 0 Å². The van der Waals surface area contributed by atoms with E-state index in [0.717, 1.165) is 25.9 Å². The molecule has 19 heavy (non-hydrogen) atoms. The number of halogens is 1. The maximum absolute atomic E-state index is 12.0. The lowest BCUT2D eigenvalue weighted by Gasteiger charge is -2.30. The fourth-order valence-electron chi connectivity index (χ4n) is 2.45. The third-order valence-corrected chi connectivity index (χ3v) is 3.64. The van der Waals surface area contributed by atoms with Crippen LogP contribution in [0.15, 0.2) is 0 Å². The van der Waals surface area contributed by atoms with Crippen LogP contribution in [0.2, 0.25) is 0 Å². The molecule has 1 saturated heterocycles. The van der Waals surface area contributed by atoms with Gasteiger partial charge >= 0.3 is 0 Å². The SMILES string of the molecule is CC(C)CCC(C)(C)NC(=O)CN1CCCCC1.Cl. The van der Waals surface area contributed by atoms with Gasteiger partial charge in [-0.2, -0.15) is 0 Å². The standard InChI is InChI=1S/C15H30N2O.ClH/c1-13(2)8-9-15(3,4)16-14(18)12-17-10-6-5-7-11-17;/h13H,5-12H2,1-4H3,(H,16,18);1H. The second-order valence-electron chi connectivity index (χ2n) is 6.70. The minimum absolute atomic E-state index is 0. The van der Waals surface area contributed by atoms with Crippen LogP contribution in [0.1, 0.15) is 59.8 Å².